The first-order valence-electron chi connectivity index (χ1n) is 5.51. The van der Waals surface area contributed by atoms with Crippen LogP contribution in [0.4, 0.5) is 8.78 Å². The number of carbonyl (C=O) groups excluding carboxylic acids is 1. The van der Waals surface area contributed by atoms with E-state index >= 15 is 0 Å². The molecule has 0 heterocycles. The molecule has 0 aromatic rings. The molecule has 0 aliphatic heterocycles. The van der Waals surface area contributed by atoms with Gasteiger partial charge in [0.2, 0.25) is 0 Å². The van der Waals surface area contributed by atoms with Crippen LogP contribution in [-0.2, 0) is 4.79 Å². The fourth-order valence-electron chi connectivity index (χ4n) is 3.04. The van der Waals surface area contributed by atoms with E-state index in [9.17, 15) is 13.6 Å². The molecule has 0 aromatic carbocycles. The van der Waals surface area contributed by atoms with Gasteiger partial charge >= 0.3 is 0 Å². The quantitative estimate of drug-likeness (QED) is 0.658. The van der Waals surface area contributed by atoms with E-state index < -0.39 is 19.9 Å². The molecule has 0 fully saturated rings. The number of hydrogen-bond acceptors (Lipinski definition) is 1. The van der Waals surface area contributed by atoms with Crippen molar-refractivity contribution in [3.05, 3.63) is 0 Å². The maximum Gasteiger partial charge on any atom is 0.291 e. The van der Waals surface area contributed by atoms with Gasteiger partial charge in [0.1, 0.15) is 8.07 Å². The zero-order chi connectivity index (χ0) is 12.4. The predicted octanol–water partition coefficient (Wildman–Crippen LogP) is 4.04. The molecule has 0 saturated carbocycles. The van der Waals surface area contributed by atoms with E-state index in [0.717, 1.165) is 0 Å². The summed E-state index contributed by atoms with van der Waals surface area (Å²) in [7, 11) is -2.58. The topological polar surface area (TPSA) is 17.1 Å². The molecule has 0 radical (unpaired) electrons. The van der Waals surface area contributed by atoms with Crippen molar-refractivity contribution in [2.75, 3.05) is 0 Å². The Labute approximate surface area is 92.3 Å². The highest BCUT2D eigenvalue weighted by Crippen LogP contribution is 2.43. The van der Waals surface area contributed by atoms with Crippen LogP contribution >= 0.6 is 0 Å². The van der Waals surface area contributed by atoms with Crippen LogP contribution in [0.5, 0.6) is 0 Å². The summed E-state index contributed by atoms with van der Waals surface area (Å²) in [6.07, 6.45) is -2.80. The van der Waals surface area contributed by atoms with Gasteiger partial charge in [-0.15, -0.1) is 0 Å². The Hall–Kier alpha value is -0.253. The van der Waals surface area contributed by atoms with Gasteiger partial charge in [-0.05, 0) is 16.6 Å². The summed E-state index contributed by atoms with van der Waals surface area (Å²) in [6.45, 7) is 11.5. The van der Waals surface area contributed by atoms with Crippen molar-refractivity contribution >= 4 is 13.5 Å². The molecule has 0 spiro atoms. The average molecular weight is 236 g/mol. The zero-order valence-corrected chi connectivity index (χ0v) is 11.5. The molecule has 1 nitrogen and oxygen atoms in total. The molecule has 0 aromatic heterocycles. The summed E-state index contributed by atoms with van der Waals surface area (Å²) in [5, 5.41) is -0.762. The molecule has 0 saturated heterocycles. The highest BCUT2D eigenvalue weighted by molar-refractivity contribution is 7.08. The Morgan fingerprint density at radius 1 is 0.867 bits per heavy atom. The molecule has 0 aliphatic rings. The van der Waals surface area contributed by atoms with E-state index in [1.807, 2.05) is 41.5 Å². The first-order chi connectivity index (χ1) is 6.68. The van der Waals surface area contributed by atoms with Crippen molar-refractivity contribution in [1.82, 2.24) is 0 Å². The number of carbonyl (C=O) groups is 1. The van der Waals surface area contributed by atoms with E-state index in [1.54, 1.807) is 0 Å². The predicted molar refractivity (Wildman–Crippen MR) is 62.1 cm³/mol. The molecule has 4 heteroatoms. The molecule has 0 atom stereocenters. The van der Waals surface area contributed by atoms with Gasteiger partial charge in [-0.25, -0.2) is 8.78 Å². The molecular weight excluding hydrogens is 214 g/mol. The number of halogens is 2. The summed E-state index contributed by atoms with van der Waals surface area (Å²) in [5.74, 6) is 0. The lowest BCUT2D eigenvalue weighted by Crippen LogP contribution is -2.55. The second kappa shape index (κ2) is 5.19. The van der Waals surface area contributed by atoms with Gasteiger partial charge in [0, 0.05) is 0 Å². The minimum atomic E-state index is -2.80. The fourth-order valence-corrected chi connectivity index (χ4v) is 9.13. The monoisotopic (exact) mass is 236 g/mol. The third-order valence-corrected chi connectivity index (χ3v) is 10.3. The maximum absolute atomic E-state index is 12.7. The van der Waals surface area contributed by atoms with Gasteiger partial charge in [-0.2, -0.15) is 0 Å². The van der Waals surface area contributed by atoms with Crippen molar-refractivity contribution in [3.8, 4) is 0 Å². The van der Waals surface area contributed by atoms with Crippen molar-refractivity contribution in [2.45, 2.75) is 64.6 Å². The SMILES string of the molecule is CC(C)[Si](C(=O)C(F)F)(C(C)C)C(C)C. The van der Waals surface area contributed by atoms with Crippen LogP contribution < -0.4 is 0 Å². The average Bonchev–Trinajstić information content (AvgIpc) is 2.02. The van der Waals surface area contributed by atoms with Gasteiger partial charge < -0.3 is 0 Å². The van der Waals surface area contributed by atoms with Gasteiger partial charge in [-0.1, -0.05) is 41.5 Å². The first kappa shape index (κ1) is 14.7. The standard InChI is InChI=1S/C11H22F2OSi/c1-7(2)15(8(3)4,9(5)6)11(14)10(12)13/h7-10H,1-6H3. The maximum atomic E-state index is 12.7. The zero-order valence-electron chi connectivity index (χ0n) is 10.5. The summed E-state index contributed by atoms with van der Waals surface area (Å²) in [4.78, 5) is 11.8. The molecule has 0 unspecified atom stereocenters. The highest BCUT2D eigenvalue weighted by atomic mass is 28.3. The van der Waals surface area contributed by atoms with E-state index in [0.29, 0.717) is 0 Å². The van der Waals surface area contributed by atoms with E-state index in [-0.39, 0.29) is 16.6 Å². The van der Waals surface area contributed by atoms with Crippen LogP contribution in [0.25, 0.3) is 0 Å². The molecule has 0 rings (SSSR count). The van der Waals surface area contributed by atoms with Gasteiger partial charge in [-0.3, -0.25) is 4.79 Å². The van der Waals surface area contributed by atoms with Crippen molar-refractivity contribution in [2.24, 2.45) is 0 Å². The largest absolute Gasteiger partial charge is 0.299 e. The minimum Gasteiger partial charge on any atom is -0.299 e. The molecule has 0 N–H and O–H groups in total. The van der Waals surface area contributed by atoms with Crippen molar-refractivity contribution in [1.29, 1.82) is 0 Å². The lowest BCUT2D eigenvalue weighted by atomic mass is 10.5. The molecule has 0 bridgehead atoms. The van der Waals surface area contributed by atoms with Crippen LogP contribution in [0, 0.1) is 0 Å². The Balaban J connectivity index is 5.43. The number of rotatable bonds is 5. The third kappa shape index (κ3) is 2.46. The highest BCUT2D eigenvalue weighted by Gasteiger charge is 2.52. The lowest BCUT2D eigenvalue weighted by Gasteiger charge is -2.40. The van der Waals surface area contributed by atoms with Gasteiger partial charge in [0.25, 0.3) is 6.43 Å². The van der Waals surface area contributed by atoms with Gasteiger partial charge in [0.15, 0.2) is 5.41 Å². The number of hydrogen-bond donors (Lipinski definition) is 0. The van der Waals surface area contributed by atoms with Crippen LogP contribution in [0.3, 0.4) is 0 Å². The van der Waals surface area contributed by atoms with Crippen molar-refractivity contribution in [3.63, 3.8) is 0 Å². The van der Waals surface area contributed by atoms with Crippen molar-refractivity contribution < 1.29 is 13.6 Å². The molecule has 15 heavy (non-hydrogen) atoms. The van der Waals surface area contributed by atoms with E-state index in [2.05, 4.69) is 0 Å². The second-order valence-corrected chi connectivity index (χ2v) is 10.9. The lowest BCUT2D eigenvalue weighted by molar-refractivity contribution is -0.122. The minimum absolute atomic E-state index is 0.0685. The summed E-state index contributed by atoms with van der Waals surface area (Å²) in [5.41, 5.74) is 0.206. The normalized spacial score (nSPS) is 13.3. The van der Waals surface area contributed by atoms with E-state index in [4.69, 9.17) is 0 Å². The Kier molecular flexibility index (Phi) is 5.10. The Morgan fingerprint density at radius 3 is 1.20 bits per heavy atom. The smallest absolute Gasteiger partial charge is 0.291 e. The molecule has 90 valence electrons. The summed E-state index contributed by atoms with van der Waals surface area (Å²) < 4.78 is 25.4. The second-order valence-electron chi connectivity index (χ2n) is 5.06. The first-order valence-corrected chi connectivity index (χ1v) is 7.74. The van der Waals surface area contributed by atoms with Crippen LogP contribution in [-0.4, -0.2) is 19.9 Å². The van der Waals surface area contributed by atoms with Crippen LogP contribution in [0.1, 0.15) is 41.5 Å². The molecule has 0 amide bonds. The number of alkyl halides is 2. The molecule has 0 aliphatic carbocycles. The Bertz CT molecular complexity index is 203. The fraction of sp³-hybridized carbons (Fsp3) is 0.909. The summed E-state index contributed by atoms with van der Waals surface area (Å²) >= 11 is 0. The molecular formula is C11H22F2OSi. The van der Waals surface area contributed by atoms with Crippen LogP contribution in [0.15, 0.2) is 0 Å². The Morgan fingerprint density at radius 2 is 1.13 bits per heavy atom. The van der Waals surface area contributed by atoms with Gasteiger partial charge in [0.05, 0.1) is 0 Å². The third-order valence-electron chi connectivity index (χ3n) is 3.49. The summed E-state index contributed by atoms with van der Waals surface area (Å²) in [6, 6.07) is 0. The van der Waals surface area contributed by atoms with E-state index in [1.165, 1.54) is 0 Å². The van der Waals surface area contributed by atoms with Crippen LogP contribution in [0.2, 0.25) is 16.6 Å².